The minimum Gasteiger partial charge on any atom is -0.872 e. The van der Waals surface area contributed by atoms with Gasteiger partial charge < -0.3 is 23.6 Å². The average Bonchev–Trinajstić information content (AvgIpc) is 2.80. The molecule has 0 atom stereocenters. The van der Waals surface area contributed by atoms with Crippen LogP contribution in [0.4, 0.5) is 0 Å². The van der Waals surface area contributed by atoms with Gasteiger partial charge in [0.15, 0.2) is 11.3 Å². The van der Waals surface area contributed by atoms with Crippen molar-refractivity contribution in [2.45, 2.75) is 33.2 Å². The highest BCUT2D eigenvalue weighted by Gasteiger charge is 2.19. The summed E-state index contributed by atoms with van der Waals surface area (Å²) in [5.41, 5.74) is 0.410. The Hall–Kier alpha value is -3.58. The molecule has 7 heteroatoms. The Morgan fingerprint density at radius 2 is 1.70 bits per heavy atom. The van der Waals surface area contributed by atoms with Gasteiger partial charge in [0, 0.05) is 28.0 Å². The summed E-state index contributed by atoms with van der Waals surface area (Å²) in [6, 6.07) is 11.3. The third-order valence-electron chi connectivity index (χ3n) is 5.84. The van der Waals surface area contributed by atoms with E-state index < -0.39 is 11.3 Å². The third-order valence-corrected chi connectivity index (χ3v) is 5.84. The predicted molar refractivity (Wildman–Crippen MR) is 125 cm³/mol. The van der Waals surface area contributed by atoms with E-state index in [1.165, 1.54) is 24.1 Å². The Balaban J connectivity index is 1.94. The fourth-order valence-corrected chi connectivity index (χ4v) is 4.38. The van der Waals surface area contributed by atoms with Crippen LogP contribution in [0.15, 0.2) is 60.9 Å². The number of quaternary nitrogens is 1. The smallest absolute Gasteiger partial charge is 0.344 e. The highest BCUT2D eigenvalue weighted by molar-refractivity contribution is 5.97. The van der Waals surface area contributed by atoms with Gasteiger partial charge in [0.25, 0.3) is 0 Å². The number of hydrogen-bond donors (Lipinski definition) is 1. The van der Waals surface area contributed by atoms with Gasteiger partial charge in [0.2, 0.25) is 0 Å². The van der Waals surface area contributed by atoms with Crippen molar-refractivity contribution < 1.29 is 23.6 Å². The molecule has 0 amide bonds. The zero-order valence-corrected chi connectivity index (χ0v) is 19.0. The monoisotopic (exact) mass is 449 g/mol. The second-order valence-electron chi connectivity index (χ2n) is 8.15. The van der Waals surface area contributed by atoms with Crippen LogP contribution < -0.4 is 26.0 Å². The lowest BCUT2D eigenvalue weighted by Crippen LogP contribution is -3.10. The van der Waals surface area contributed by atoms with Crippen molar-refractivity contribution in [3.05, 3.63) is 68.9 Å². The molecular weight excluding hydrogens is 422 g/mol. The van der Waals surface area contributed by atoms with Crippen molar-refractivity contribution in [3.8, 4) is 22.6 Å². The van der Waals surface area contributed by atoms with Gasteiger partial charge in [0.05, 0.1) is 25.8 Å². The molecule has 2 aromatic heterocycles. The van der Waals surface area contributed by atoms with E-state index in [0.717, 1.165) is 25.9 Å². The molecule has 0 bridgehead atoms. The number of nitrogens with one attached hydrogen (secondary N) is 1. The van der Waals surface area contributed by atoms with Gasteiger partial charge in [-0.15, -0.1) is 0 Å². The zero-order valence-electron chi connectivity index (χ0n) is 19.0. The van der Waals surface area contributed by atoms with E-state index in [4.69, 9.17) is 13.6 Å². The third kappa shape index (κ3) is 4.36. The van der Waals surface area contributed by atoms with Crippen molar-refractivity contribution in [1.82, 2.24) is 0 Å². The van der Waals surface area contributed by atoms with E-state index in [9.17, 15) is 14.7 Å². The van der Waals surface area contributed by atoms with Gasteiger partial charge in [-0.2, -0.15) is 0 Å². The van der Waals surface area contributed by atoms with Crippen LogP contribution in [-0.2, 0) is 6.54 Å². The van der Waals surface area contributed by atoms with E-state index in [2.05, 4.69) is 13.8 Å². The van der Waals surface area contributed by atoms with E-state index in [1.807, 2.05) is 0 Å². The van der Waals surface area contributed by atoms with E-state index >= 15 is 0 Å². The first-order chi connectivity index (χ1) is 16.0. The molecule has 172 valence electrons. The lowest BCUT2D eigenvalue weighted by atomic mass is 9.99. The molecule has 0 saturated heterocycles. The molecule has 0 aliphatic carbocycles. The molecule has 7 nitrogen and oxygen atoms in total. The Morgan fingerprint density at radius 1 is 0.939 bits per heavy atom. The second kappa shape index (κ2) is 9.50. The quantitative estimate of drug-likeness (QED) is 0.416. The first kappa shape index (κ1) is 22.6. The molecule has 0 unspecified atom stereocenters. The van der Waals surface area contributed by atoms with E-state index in [0.29, 0.717) is 39.8 Å². The molecule has 1 N–H and O–H groups in total. The van der Waals surface area contributed by atoms with Gasteiger partial charge in [-0.25, -0.2) is 9.59 Å². The Bertz CT molecular complexity index is 1410. The van der Waals surface area contributed by atoms with E-state index in [1.54, 1.807) is 30.3 Å². The highest BCUT2D eigenvalue weighted by Crippen LogP contribution is 2.33. The van der Waals surface area contributed by atoms with Gasteiger partial charge in [-0.05, 0) is 25.0 Å². The zero-order chi connectivity index (χ0) is 23.5. The lowest BCUT2D eigenvalue weighted by molar-refractivity contribution is -0.914. The summed E-state index contributed by atoms with van der Waals surface area (Å²) in [4.78, 5) is 26.7. The summed E-state index contributed by atoms with van der Waals surface area (Å²) in [7, 11) is 1.50. The minimum absolute atomic E-state index is 0.178. The van der Waals surface area contributed by atoms with Gasteiger partial charge in [-0.1, -0.05) is 43.9 Å². The van der Waals surface area contributed by atoms with Crippen LogP contribution in [0.5, 0.6) is 11.5 Å². The van der Waals surface area contributed by atoms with Crippen LogP contribution in [0.2, 0.25) is 0 Å². The Kier molecular flexibility index (Phi) is 6.51. The fraction of sp³-hybridized carbons (Fsp3) is 0.308. The van der Waals surface area contributed by atoms with Crippen LogP contribution >= 0.6 is 0 Å². The summed E-state index contributed by atoms with van der Waals surface area (Å²) in [5.74, 6) is 0.268. The molecule has 4 rings (SSSR count). The SMILES string of the molecule is CCC[NH+](CCC)Cc1c([O-])ccc2c(-c3cc4cccc(OC)c4oc3=O)cc(=O)oc12. The molecule has 0 saturated carbocycles. The maximum atomic E-state index is 12.9. The molecule has 0 spiro atoms. The number of rotatable bonds is 8. The maximum absolute atomic E-state index is 12.9. The van der Waals surface area contributed by atoms with Crippen molar-refractivity contribution in [2.24, 2.45) is 0 Å². The van der Waals surface area contributed by atoms with Crippen LogP contribution in [0.3, 0.4) is 0 Å². The fourth-order valence-electron chi connectivity index (χ4n) is 4.38. The van der Waals surface area contributed by atoms with Crippen LogP contribution in [0, 0.1) is 0 Å². The van der Waals surface area contributed by atoms with Gasteiger partial charge >= 0.3 is 11.3 Å². The number of hydrogen-bond acceptors (Lipinski definition) is 6. The van der Waals surface area contributed by atoms with Crippen molar-refractivity contribution in [1.29, 1.82) is 0 Å². The number of methoxy groups -OCH3 is 1. The lowest BCUT2D eigenvalue weighted by Gasteiger charge is -2.22. The average molecular weight is 450 g/mol. The summed E-state index contributed by atoms with van der Waals surface area (Å²) in [6.07, 6.45) is 1.95. The largest absolute Gasteiger partial charge is 0.872 e. The molecule has 0 aliphatic rings. The first-order valence-electron chi connectivity index (χ1n) is 11.2. The predicted octanol–water partition coefficient (Wildman–Crippen LogP) is 2.85. The number of ether oxygens (including phenoxy) is 1. The molecule has 2 aromatic carbocycles. The standard InChI is InChI=1S/C26H27NO6/c1-4-11-27(12-5-2)15-20-21(28)10-9-17-18(14-23(29)32-25(17)20)19-13-16-7-6-8-22(31-3)24(16)33-26(19)30/h6-10,13-14,28H,4-5,11-12,15H2,1-3H3. The van der Waals surface area contributed by atoms with Gasteiger partial charge in [-0.3, -0.25) is 0 Å². The van der Waals surface area contributed by atoms with Crippen LogP contribution in [0.25, 0.3) is 33.1 Å². The molecule has 0 fully saturated rings. The summed E-state index contributed by atoms with van der Waals surface area (Å²) in [5, 5.41) is 14.0. The second-order valence-corrected chi connectivity index (χ2v) is 8.15. The minimum atomic E-state index is -0.623. The summed E-state index contributed by atoms with van der Waals surface area (Å²) < 4.78 is 16.4. The van der Waals surface area contributed by atoms with E-state index in [-0.39, 0.29) is 16.9 Å². The molecule has 33 heavy (non-hydrogen) atoms. The molecule has 0 aliphatic heterocycles. The molecule has 4 aromatic rings. The number of benzene rings is 2. The normalized spacial score (nSPS) is 11.5. The Morgan fingerprint density at radius 3 is 2.39 bits per heavy atom. The van der Waals surface area contributed by atoms with Crippen molar-refractivity contribution in [2.75, 3.05) is 20.2 Å². The molecular formula is C26H27NO6. The summed E-state index contributed by atoms with van der Waals surface area (Å²) in [6.45, 7) is 6.47. The van der Waals surface area contributed by atoms with Gasteiger partial charge in [0.1, 0.15) is 12.1 Å². The number of para-hydroxylation sites is 1. The topological polar surface area (TPSA) is 97.1 Å². The molecule has 2 heterocycles. The van der Waals surface area contributed by atoms with Crippen LogP contribution in [0.1, 0.15) is 32.3 Å². The van der Waals surface area contributed by atoms with Crippen molar-refractivity contribution >= 4 is 21.9 Å². The van der Waals surface area contributed by atoms with Crippen molar-refractivity contribution in [3.63, 3.8) is 0 Å². The van der Waals surface area contributed by atoms with Crippen LogP contribution in [-0.4, -0.2) is 20.2 Å². The maximum Gasteiger partial charge on any atom is 0.344 e. The highest BCUT2D eigenvalue weighted by atomic mass is 16.5. The number of fused-ring (bicyclic) bond motifs is 2. The summed E-state index contributed by atoms with van der Waals surface area (Å²) >= 11 is 0. The first-order valence-corrected chi connectivity index (χ1v) is 11.2. The Labute approximate surface area is 190 Å². The molecule has 0 radical (unpaired) electrons.